The van der Waals surface area contributed by atoms with Crippen molar-refractivity contribution in [2.45, 2.75) is 31.7 Å². The number of nitrogens with zero attached hydrogens (tertiary/aromatic N) is 6. The summed E-state index contributed by atoms with van der Waals surface area (Å²) in [6.07, 6.45) is 3.62. The van der Waals surface area contributed by atoms with Gasteiger partial charge in [0.1, 0.15) is 18.6 Å². The lowest BCUT2D eigenvalue weighted by atomic mass is 9.83. The maximum atomic E-state index is 12.7. The SMILES string of the molecule is C[C@]1(CO)CNc2c(C#N)cc(-c3ccnc(Nc4cc(Cl)nn4CC4CCN(CCF)CC4)n3)cc21. The van der Waals surface area contributed by atoms with Crippen LogP contribution >= 0.6 is 11.6 Å². The average Bonchev–Trinajstić information content (AvgIpc) is 3.43. The number of benzene rings is 1. The summed E-state index contributed by atoms with van der Waals surface area (Å²) < 4.78 is 14.5. The van der Waals surface area contributed by atoms with Gasteiger partial charge in [0.2, 0.25) is 5.95 Å². The third kappa shape index (κ3) is 5.25. The van der Waals surface area contributed by atoms with Crippen molar-refractivity contribution in [3.05, 3.63) is 46.7 Å². The molecule has 0 aliphatic carbocycles. The topological polar surface area (TPSA) is 115 Å². The second-order valence-electron chi connectivity index (χ2n) is 10.0. The third-order valence-corrected chi connectivity index (χ3v) is 7.58. The molecule has 1 saturated heterocycles. The fraction of sp³-hybridized carbons (Fsp3) is 0.462. The van der Waals surface area contributed by atoms with Crippen molar-refractivity contribution >= 4 is 29.1 Å². The number of piperidine rings is 1. The van der Waals surface area contributed by atoms with Gasteiger partial charge in [-0.05, 0) is 55.6 Å². The van der Waals surface area contributed by atoms with Crippen molar-refractivity contribution in [2.24, 2.45) is 5.92 Å². The molecule has 3 aromatic rings. The first-order valence-electron chi connectivity index (χ1n) is 12.5. The predicted molar refractivity (Wildman–Crippen MR) is 141 cm³/mol. The Morgan fingerprint density at radius 1 is 1.32 bits per heavy atom. The highest BCUT2D eigenvalue weighted by Crippen LogP contribution is 2.41. The van der Waals surface area contributed by atoms with E-state index in [0.29, 0.717) is 53.7 Å². The van der Waals surface area contributed by atoms with Gasteiger partial charge in [0.15, 0.2) is 5.15 Å². The fourth-order valence-corrected chi connectivity index (χ4v) is 5.34. The lowest BCUT2D eigenvalue weighted by Crippen LogP contribution is -2.36. The number of nitrogens with one attached hydrogen (secondary N) is 2. The minimum Gasteiger partial charge on any atom is -0.395 e. The fourth-order valence-electron chi connectivity index (χ4n) is 5.14. The zero-order valence-electron chi connectivity index (χ0n) is 20.7. The molecule has 5 rings (SSSR count). The van der Waals surface area contributed by atoms with E-state index in [9.17, 15) is 14.8 Å². The molecule has 194 valence electrons. The van der Waals surface area contributed by atoms with Crippen LogP contribution in [0.1, 0.15) is 30.9 Å². The van der Waals surface area contributed by atoms with Crippen LogP contribution in [-0.2, 0) is 12.0 Å². The molecular formula is C26H30ClFN8O. The van der Waals surface area contributed by atoms with E-state index in [0.717, 1.165) is 42.7 Å². The zero-order valence-corrected chi connectivity index (χ0v) is 21.5. The molecule has 2 aliphatic heterocycles. The van der Waals surface area contributed by atoms with Crippen molar-refractivity contribution < 1.29 is 9.50 Å². The predicted octanol–water partition coefficient (Wildman–Crippen LogP) is 3.97. The van der Waals surface area contributed by atoms with Crippen LogP contribution in [0.4, 0.5) is 21.8 Å². The molecule has 2 aromatic heterocycles. The van der Waals surface area contributed by atoms with Crippen molar-refractivity contribution in [2.75, 3.05) is 50.1 Å². The number of likely N-dealkylation sites (tertiary alicyclic amines) is 1. The normalized spacial score (nSPS) is 19.9. The molecule has 9 nitrogen and oxygen atoms in total. The number of rotatable bonds is 8. The van der Waals surface area contributed by atoms with Crippen molar-refractivity contribution in [3.8, 4) is 17.3 Å². The Bertz CT molecular complexity index is 1320. The van der Waals surface area contributed by atoms with Gasteiger partial charge >= 0.3 is 0 Å². The van der Waals surface area contributed by atoms with Gasteiger partial charge in [0.25, 0.3) is 0 Å². The Morgan fingerprint density at radius 2 is 2.14 bits per heavy atom. The summed E-state index contributed by atoms with van der Waals surface area (Å²) >= 11 is 6.25. The number of halogens is 2. The van der Waals surface area contributed by atoms with E-state index in [1.54, 1.807) is 24.4 Å². The summed E-state index contributed by atoms with van der Waals surface area (Å²) in [5, 5.41) is 31.1. The Hall–Kier alpha value is -3.26. The molecule has 0 spiro atoms. The molecule has 1 atom stereocenters. The number of aromatic nitrogens is 4. The first kappa shape index (κ1) is 25.4. The quantitative estimate of drug-likeness (QED) is 0.405. The minimum atomic E-state index is -0.476. The van der Waals surface area contributed by atoms with Crippen molar-refractivity contribution in [3.63, 3.8) is 0 Å². The third-order valence-electron chi connectivity index (χ3n) is 7.39. The van der Waals surface area contributed by atoms with Gasteiger partial charge < -0.3 is 20.6 Å². The van der Waals surface area contributed by atoms with Crippen molar-refractivity contribution in [1.29, 1.82) is 5.26 Å². The molecule has 11 heteroatoms. The number of fused-ring (bicyclic) bond motifs is 1. The largest absolute Gasteiger partial charge is 0.395 e. The summed E-state index contributed by atoms with van der Waals surface area (Å²) in [7, 11) is 0. The van der Waals surface area contributed by atoms with Crippen LogP contribution in [0.2, 0.25) is 5.15 Å². The molecule has 0 amide bonds. The van der Waals surface area contributed by atoms with Crippen molar-refractivity contribution in [1.82, 2.24) is 24.6 Å². The van der Waals surface area contributed by atoms with E-state index in [2.05, 4.69) is 31.7 Å². The van der Waals surface area contributed by atoms with Crippen LogP contribution in [0.15, 0.2) is 30.5 Å². The highest BCUT2D eigenvalue weighted by molar-refractivity contribution is 6.29. The second-order valence-corrected chi connectivity index (χ2v) is 10.4. The standard InChI is InChI=1S/C26H30ClFN8O/c1-26(16-37)15-31-24-19(13-29)10-18(11-20(24)26)21-2-6-30-25(32-21)33-23-12-22(27)34-36(23)14-17-3-7-35(8-4-17)9-5-28/h2,6,10-12,17,31,37H,3-5,7-9,14-16H2,1H3,(H,30,32,33)/t26-/m1/s1. The molecule has 2 aliphatic rings. The van der Waals surface area contributed by atoms with Crippen LogP contribution in [0.25, 0.3) is 11.3 Å². The van der Waals surface area contributed by atoms with Crippen LogP contribution < -0.4 is 10.6 Å². The maximum Gasteiger partial charge on any atom is 0.228 e. The summed E-state index contributed by atoms with van der Waals surface area (Å²) in [6.45, 7) is 5.15. The molecule has 0 radical (unpaired) electrons. The van der Waals surface area contributed by atoms with Crippen LogP contribution in [0, 0.1) is 17.2 Å². The molecule has 37 heavy (non-hydrogen) atoms. The van der Waals surface area contributed by atoms with E-state index < -0.39 is 5.41 Å². The Labute approximate surface area is 220 Å². The average molecular weight is 525 g/mol. The number of anilines is 3. The smallest absolute Gasteiger partial charge is 0.228 e. The molecule has 0 saturated carbocycles. The number of aliphatic hydroxyl groups is 1. The molecule has 1 aromatic carbocycles. The molecule has 0 bridgehead atoms. The molecule has 1 fully saturated rings. The summed E-state index contributed by atoms with van der Waals surface area (Å²) in [4.78, 5) is 11.2. The summed E-state index contributed by atoms with van der Waals surface area (Å²) in [6, 6.07) is 9.59. The Kier molecular flexibility index (Phi) is 7.29. The van der Waals surface area contributed by atoms with E-state index in [1.807, 2.05) is 17.7 Å². The number of hydrogen-bond acceptors (Lipinski definition) is 8. The van der Waals surface area contributed by atoms with Crippen LogP contribution in [0.5, 0.6) is 0 Å². The molecule has 3 N–H and O–H groups in total. The maximum absolute atomic E-state index is 12.7. The summed E-state index contributed by atoms with van der Waals surface area (Å²) in [5.74, 6) is 1.50. The number of alkyl halides is 1. The van der Waals surface area contributed by atoms with E-state index in [-0.39, 0.29) is 13.3 Å². The number of nitriles is 1. The monoisotopic (exact) mass is 524 g/mol. The highest BCUT2D eigenvalue weighted by Gasteiger charge is 2.36. The number of aliphatic hydroxyl groups excluding tert-OH is 1. The van der Waals surface area contributed by atoms with Gasteiger partial charge in [-0.15, -0.1) is 0 Å². The second kappa shape index (κ2) is 10.6. The Morgan fingerprint density at radius 3 is 2.86 bits per heavy atom. The van der Waals surface area contributed by atoms with E-state index in [1.165, 1.54) is 0 Å². The molecular weight excluding hydrogens is 495 g/mol. The van der Waals surface area contributed by atoms with Crippen LogP contribution in [0.3, 0.4) is 0 Å². The van der Waals surface area contributed by atoms with Gasteiger partial charge in [-0.2, -0.15) is 10.4 Å². The molecule has 0 unspecified atom stereocenters. The van der Waals surface area contributed by atoms with Gasteiger partial charge in [-0.3, -0.25) is 0 Å². The van der Waals surface area contributed by atoms with Gasteiger partial charge in [0.05, 0.1) is 23.6 Å². The molecule has 4 heterocycles. The van der Waals surface area contributed by atoms with Gasteiger partial charge in [0, 0.05) is 42.9 Å². The minimum absolute atomic E-state index is 0.0302. The lowest BCUT2D eigenvalue weighted by molar-refractivity contribution is 0.161. The van der Waals surface area contributed by atoms with E-state index >= 15 is 0 Å². The number of hydrogen-bond donors (Lipinski definition) is 3. The highest BCUT2D eigenvalue weighted by atomic mass is 35.5. The van der Waals surface area contributed by atoms with Gasteiger partial charge in [-0.25, -0.2) is 19.0 Å². The first-order valence-corrected chi connectivity index (χ1v) is 12.9. The summed E-state index contributed by atoms with van der Waals surface area (Å²) in [5.41, 5.74) is 3.14. The zero-order chi connectivity index (χ0) is 26.0. The lowest BCUT2D eigenvalue weighted by Gasteiger charge is -2.31. The van der Waals surface area contributed by atoms with E-state index in [4.69, 9.17) is 16.6 Å². The first-order chi connectivity index (χ1) is 17.9. The van der Waals surface area contributed by atoms with Gasteiger partial charge in [-0.1, -0.05) is 18.5 Å². The Balaban J connectivity index is 1.37. The van der Waals surface area contributed by atoms with Crippen LogP contribution in [-0.4, -0.2) is 69.2 Å².